The summed E-state index contributed by atoms with van der Waals surface area (Å²) in [5.41, 5.74) is 0. The number of carbonyl (C=O) groups excluding carboxylic acids is 1. The van der Waals surface area contributed by atoms with Gasteiger partial charge in [0.15, 0.2) is 0 Å². The quantitative estimate of drug-likeness (QED) is 0.170. The van der Waals surface area contributed by atoms with E-state index in [1.54, 1.807) is 14.2 Å². The molecule has 0 heterocycles. The van der Waals surface area contributed by atoms with Crippen molar-refractivity contribution in [3.8, 4) is 0 Å². The lowest BCUT2D eigenvalue weighted by molar-refractivity contribution is -0.121. The normalized spacial score (nSPS) is 14.3. The maximum atomic E-state index is 11.7. The number of ether oxygens (including phenoxy) is 5. The van der Waals surface area contributed by atoms with E-state index in [1.807, 2.05) is 0 Å². The van der Waals surface area contributed by atoms with Crippen LogP contribution < -0.4 is 5.32 Å². The van der Waals surface area contributed by atoms with Gasteiger partial charge in [0.2, 0.25) is 5.91 Å². The van der Waals surface area contributed by atoms with Crippen LogP contribution in [0.5, 0.6) is 0 Å². The van der Waals surface area contributed by atoms with Gasteiger partial charge in [-0.15, -0.1) is 0 Å². The zero-order chi connectivity index (χ0) is 23.2. The summed E-state index contributed by atoms with van der Waals surface area (Å²) in [5, 5.41) is 2.78. The molecule has 0 aliphatic heterocycles. The Balaban J connectivity index is 3.62. The fraction of sp³-hybridized carbons (Fsp3) is 0.950. The van der Waals surface area contributed by atoms with E-state index in [2.05, 4.69) is 5.32 Å². The van der Waals surface area contributed by atoms with Crippen LogP contribution in [0.3, 0.4) is 0 Å². The maximum absolute atomic E-state index is 11.7. The molecule has 0 aromatic heterocycles. The number of carbonyl (C=O) groups is 1. The van der Waals surface area contributed by atoms with Gasteiger partial charge >= 0.3 is 7.60 Å². The van der Waals surface area contributed by atoms with Crippen LogP contribution in [0.4, 0.5) is 0 Å². The van der Waals surface area contributed by atoms with E-state index >= 15 is 0 Å². The van der Waals surface area contributed by atoms with Crippen LogP contribution in [0.15, 0.2) is 0 Å². The highest BCUT2D eigenvalue weighted by atomic mass is 31.2. The second-order valence-corrected chi connectivity index (χ2v) is 9.00. The van der Waals surface area contributed by atoms with Gasteiger partial charge in [0.05, 0.1) is 46.2 Å². The van der Waals surface area contributed by atoms with Crippen molar-refractivity contribution in [2.24, 2.45) is 0 Å². The number of rotatable bonds is 23. The lowest BCUT2D eigenvalue weighted by Crippen LogP contribution is -2.28. The van der Waals surface area contributed by atoms with Crippen molar-refractivity contribution in [1.82, 2.24) is 5.32 Å². The third kappa shape index (κ3) is 23.9. The van der Waals surface area contributed by atoms with E-state index in [9.17, 15) is 9.36 Å². The molecule has 0 aromatic rings. The van der Waals surface area contributed by atoms with Gasteiger partial charge in [-0.25, -0.2) is 0 Å². The molecular formula is C20H42NO9P. The molecule has 0 aromatic carbocycles. The number of nitrogens with one attached hydrogen (secondary N) is 1. The largest absolute Gasteiger partial charge is 0.382 e. The molecular weight excluding hydrogens is 429 g/mol. The van der Waals surface area contributed by atoms with Gasteiger partial charge in [0.25, 0.3) is 0 Å². The van der Waals surface area contributed by atoms with Crippen LogP contribution in [-0.2, 0) is 37.6 Å². The Hall–Kier alpha value is -0.580. The molecule has 2 N–H and O–H groups in total. The standard InChI is InChI=1S/C20H42NO9P/c1-25-13-15-28-18-19(29-16-14-26-2)17-27-11-7-5-4-6-9-20(22)21-10-8-12-30-31(3,23)24/h19H,4-18H2,1-3H3,(H,21,22)(H,23,24). The number of unbranched alkanes of at least 4 members (excludes halogenated alkanes) is 3. The molecule has 0 aliphatic rings. The lowest BCUT2D eigenvalue weighted by atomic mass is 10.1. The highest BCUT2D eigenvalue weighted by Gasteiger charge is 2.10. The molecule has 0 spiro atoms. The highest BCUT2D eigenvalue weighted by Crippen LogP contribution is 2.36. The third-order valence-corrected chi connectivity index (χ3v) is 4.76. The lowest BCUT2D eigenvalue weighted by Gasteiger charge is -2.18. The van der Waals surface area contributed by atoms with Crippen LogP contribution in [0.1, 0.15) is 38.5 Å². The first kappa shape index (κ1) is 30.4. The minimum atomic E-state index is -3.43. The van der Waals surface area contributed by atoms with Crippen molar-refractivity contribution in [2.75, 3.05) is 80.3 Å². The minimum Gasteiger partial charge on any atom is -0.382 e. The SMILES string of the molecule is COCCOCC(COCCCCCCC(=O)NCCCOP(C)(=O)O)OCCOC. The number of hydrogen-bond donors (Lipinski definition) is 2. The smallest absolute Gasteiger partial charge is 0.325 e. The molecule has 11 heteroatoms. The molecule has 0 fully saturated rings. The van der Waals surface area contributed by atoms with Gasteiger partial charge in [0.1, 0.15) is 6.10 Å². The van der Waals surface area contributed by atoms with Crippen LogP contribution in [0.25, 0.3) is 0 Å². The summed E-state index contributed by atoms with van der Waals surface area (Å²) in [6.07, 6.45) is 4.53. The van der Waals surface area contributed by atoms with Gasteiger partial charge in [-0.3, -0.25) is 9.36 Å². The van der Waals surface area contributed by atoms with E-state index in [0.717, 1.165) is 32.3 Å². The second kappa shape index (κ2) is 21.3. The van der Waals surface area contributed by atoms with E-state index in [4.69, 9.17) is 33.1 Å². The predicted molar refractivity (Wildman–Crippen MR) is 118 cm³/mol. The molecule has 186 valence electrons. The number of amides is 1. The second-order valence-electron chi connectivity index (χ2n) is 7.13. The molecule has 0 rings (SSSR count). The summed E-state index contributed by atoms with van der Waals surface area (Å²) in [4.78, 5) is 20.7. The molecule has 0 bridgehead atoms. The van der Waals surface area contributed by atoms with Gasteiger partial charge < -0.3 is 38.4 Å². The van der Waals surface area contributed by atoms with Crippen molar-refractivity contribution < 1.29 is 42.5 Å². The Morgan fingerprint density at radius 1 is 0.871 bits per heavy atom. The van der Waals surface area contributed by atoms with Crippen LogP contribution in [-0.4, -0.2) is 97.2 Å². The van der Waals surface area contributed by atoms with Crippen molar-refractivity contribution in [3.05, 3.63) is 0 Å². The minimum absolute atomic E-state index is 0.00977. The van der Waals surface area contributed by atoms with Gasteiger partial charge in [-0.1, -0.05) is 12.8 Å². The molecule has 0 saturated carbocycles. The molecule has 0 saturated heterocycles. The first-order valence-corrected chi connectivity index (χ1v) is 12.9. The van der Waals surface area contributed by atoms with E-state index in [-0.39, 0.29) is 18.6 Å². The zero-order valence-corrected chi connectivity index (χ0v) is 20.2. The predicted octanol–water partition coefficient (Wildman–Crippen LogP) is 1.99. The summed E-state index contributed by atoms with van der Waals surface area (Å²) >= 11 is 0. The van der Waals surface area contributed by atoms with Crippen LogP contribution in [0, 0.1) is 0 Å². The Labute approximate surface area is 186 Å². The first-order valence-electron chi connectivity index (χ1n) is 10.9. The molecule has 2 atom stereocenters. The Bertz CT molecular complexity index is 462. The number of hydrogen-bond acceptors (Lipinski definition) is 8. The Kier molecular flexibility index (Phi) is 20.9. The summed E-state index contributed by atoms with van der Waals surface area (Å²) in [5.74, 6) is -0.00977. The summed E-state index contributed by atoms with van der Waals surface area (Å²) in [6, 6.07) is 0. The molecule has 0 aliphatic carbocycles. The molecule has 1 amide bonds. The van der Waals surface area contributed by atoms with Crippen LogP contribution in [0.2, 0.25) is 0 Å². The summed E-state index contributed by atoms with van der Waals surface area (Å²) < 4.78 is 42.6. The fourth-order valence-corrected chi connectivity index (χ4v) is 2.95. The topological polar surface area (TPSA) is 122 Å². The maximum Gasteiger partial charge on any atom is 0.325 e. The van der Waals surface area contributed by atoms with Gasteiger partial charge in [-0.05, 0) is 19.3 Å². The molecule has 10 nitrogen and oxygen atoms in total. The highest BCUT2D eigenvalue weighted by molar-refractivity contribution is 7.51. The van der Waals surface area contributed by atoms with E-state index in [0.29, 0.717) is 65.6 Å². The van der Waals surface area contributed by atoms with Crippen LogP contribution >= 0.6 is 7.60 Å². The van der Waals surface area contributed by atoms with Gasteiger partial charge in [-0.2, -0.15) is 0 Å². The summed E-state index contributed by atoms with van der Waals surface area (Å²) in [7, 11) is -0.165. The fourth-order valence-electron chi connectivity index (χ4n) is 2.48. The third-order valence-electron chi connectivity index (χ3n) is 4.10. The monoisotopic (exact) mass is 471 g/mol. The average molecular weight is 472 g/mol. The molecule has 31 heavy (non-hydrogen) atoms. The molecule has 0 radical (unpaired) electrons. The Morgan fingerprint density at radius 3 is 2.19 bits per heavy atom. The van der Waals surface area contributed by atoms with E-state index < -0.39 is 7.60 Å². The van der Waals surface area contributed by atoms with Crippen molar-refractivity contribution in [1.29, 1.82) is 0 Å². The Morgan fingerprint density at radius 2 is 1.52 bits per heavy atom. The average Bonchev–Trinajstić information content (AvgIpc) is 2.71. The number of methoxy groups -OCH3 is 2. The van der Waals surface area contributed by atoms with Crippen molar-refractivity contribution in [2.45, 2.75) is 44.6 Å². The molecule has 2 unspecified atom stereocenters. The van der Waals surface area contributed by atoms with Crippen molar-refractivity contribution >= 4 is 13.5 Å². The van der Waals surface area contributed by atoms with Crippen molar-refractivity contribution in [3.63, 3.8) is 0 Å². The summed E-state index contributed by atoms with van der Waals surface area (Å²) in [6.45, 7) is 5.38. The zero-order valence-electron chi connectivity index (χ0n) is 19.3. The van der Waals surface area contributed by atoms with Gasteiger partial charge in [0, 0.05) is 40.5 Å². The first-order chi connectivity index (χ1) is 14.9. The van der Waals surface area contributed by atoms with E-state index in [1.165, 1.54) is 0 Å².